The summed E-state index contributed by atoms with van der Waals surface area (Å²) in [6.07, 6.45) is 6.74. The zero-order valence-corrected chi connectivity index (χ0v) is 20.1. The third kappa shape index (κ3) is 6.43. The van der Waals surface area contributed by atoms with E-state index in [0.717, 1.165) is 34.6 Å². The molecule has 2 aromatic carbocycles. The lowest BCUT2D eigenvalue weighted by Gasteiger charge is -2.18. The minimum Gasteiger partial charge on any atom is -0.442 e. The van der Waals surface area contributed by atoms with E-state index in [1.54, 1.807) is 43.0 Å². The Labute approximate surface area is 199 Å². The Morgan fingerprint density at radius 2 is 1.69 bits per heavy atom. The van der Waals surface area contributed by atoms with E-state index >= 15 is 0 Å². The summed E-state index contributed by atoms with van der Waals surface area (Å²) in [5.74, 6) is -0.197. The van der Waals surface area contributed by atoms with Crippen molar-refractivity contribution in [1.82, 2.24) is 10.6 Å². The average molecular weight is 469 g/mol. The van der Waals surface area contributed by atoms with E-state index in [1.165, 1.54) is 4.90 Å². The van der Waals surface area contributed by atoms with Gasteiger partial charge in [-0.15, -0.1) is 24.4 Å². The van der Waals surface area contributed by atoms with Gasteiger partial charge in [-0.3, -0.25) is 4.79 Å². The molecule has 0 aliphatic heterocycles. The van der Waals surface area contributed by atoms with Gasteiger partial charge in [0.2, 0.25) is 0 Å². The van der Waals surface area contributed by atoms with Gasteiger partial charge in [-0.25, -0.2) is 4.79 Å². The highest BCUT2D eigenvalue weighted by molar-refractivity contribution is 7.98. The fourth-order valence-corrected chi connectivity index (χ4v) is 3.95. The number of allylic oxidation sites excluding steroid dienone is 3. The summed E-state index contributed by atoms with van der Waals surface area (Å²) >= 11 is 6.11. The van der Waals surface area contributed by atoms with Crippen LogP contribution >= 0.6 is 24.4 Å². The molecule has 0 saturated carbocycles. The number of thiol groups is 1. The molecular formula is C25H28N2O3S2. The fourth-order valence-electron chi connectivity index (χ4n) is 3.28. The molecular weight excluding hydrogens is 440 g/mol. The van der Waals surface area contributed by atoms with Gasteiger partial charge in [-0.2, -0.15) is 0 Å². The van der Waals surface area contributed by atoms with Gasteiger partial charge in [-0.1, -0.05) is 30.3 Å². The fraction of sp³-hybridized carbons (Fsp3) is 0.280. The minimum atomic E-state index is -0.488. The van der Waals surface area contributed by atoms with Gasteiger partial charge < -0.3 is 15.4 Å². The lowest BCUT2D eigenvalue weighted by atomic mass is 10.1. The highest BCUT2D eigenvalue weighted by Gasteiger charge is 2.16. The van der Waals surface area contributed by atoms with E-state index in [2.05, 4.69) is 23.3 Å². The van der Waals surface area contributed by atoms with Crippen LogP contribution in [0.25, 0.3) is 0 Å². The minimum absolute atomic E-state index is 0.170. The number of benzene rings is 2. The van der Waals surface area contributed by atoms with Gasteiger partial charge in [0.15, 0.2) is 0 Å². The number of carbonyl (C=O) groups excluding carboxylic acids is 2. The quantitative estimate of drug-likeness (QED) is 0.335. The number of thioether (sulfide) groups is 1. The number of hydrogen-bond donors (Lipinski definition) is 3. The van der Waals surface area contributed by atoms with Gasteiger partial charge in [0, 0.05) is 21.1 Å². The van der Waals surface area contributed by atoms with Gasteiger partial charge in [-0.05, 0) is 74.4 Å². The zero-order chi connectivity index (χ0) is 23.1. The first-order valence-electron chi connectivity index (χ1n) is 10.5. The van der Waals surface area contributed by atoms with Crippen molar-refractivity contribution in [1.29, 1.82) is 0 Å². The molecule has 0 bridgehead atoms. The van der Waals surface area contributed by atoms with Crippen LogP contribution in [0.15, 0.2) is 76.2 Å². The maximum Gasteiger partial charge on any atom is 0.408 e. The summed E-state index contributed by atoms with van der Waals surface area (Å²) in [5.41, 5.74) is 3.08. The van der Waals surface area contributed by atoms with E-state index in [0.29, 0.717) is 5.56 Å². The molecule has 0 saturated heterocycles. The van der Waals surface area contributed by atoms with Crippen LogP contribution in [0.2, 0.25) is 0 Å². The second-order valence-electron chi connectivity index (χ2n) is 7.56. The topological polar surface area (TPSA) is 67.4 Å². The Bertz CT molecular complexity index is 1010. The SMILES string of the molecule is CSc1ccc([C@H](C)NC(=O)O[C@H](C)c2ccc(C(=O)NC3=C(S)CCC=C3)cc2)cc1. The van der Waals surface area contributed by atoms with Crippen molar-refractivity contribution in [2.75, 3.05) is 6.26 Å². The van der Waals surface area contributed by atoms with E-state index < -0.39 is 12.2 Å². The van der Waals surface area contributed by atoms with Crippen molar-refractivity contribution >= 4 is 36.4 Å². The molecule has 0 heterocycles. The highest BCUT2D eigenvalue weighted by Crippen LogP contribution is 2.22. The van der Waals surface area contributed by atoms with E-state index in [1.807, 2.05) is 49.6 Å². The standard InChI is InChI=1S/C25H28N2O3S2/c1-16(18-12-14-21(32-3)15-13-18)26-25(29)30-17(2)19-8-10-20(11-9-19)24(28)27-22-6-4-5-7-23(22)31/h4,6,8-17,31H,5,7H2,1-3H3,(H,26,29)(H,27,28)/t16-,17+/m0/s1. The average Bonchev–Trinajstić information content (AvgIpc) is 2.80. The van der Waals surface area contributed by atoms with Crippen LogP contribution in [0.1, 0.15) is 60.3 Å². The van der Waals surface area contributed by atoms with Gasteiger partial charge in [0.1, 0.15) is 6.10 Å². The number of alkyl carbamates (subject to hydrolysis) is 1. The van der Waals surface area contributed by atoms with Crippen molar-refractivity contribution in [2.24, 2.45) is 0 Å². The number of hydrogen-bond acceptors (Lipinski definition) is 5. The first-order valence-corrected chi connectivity index (χ1v) is 12.2. The van der Waals surface area contributed by atoms with E-state index in [4.69, 9.17) is 4.74 Å². The van der Waals surface area contributed by atoms with Crippen LogP contribution in [0.3, 0.4) is 0 Å². The molecule has 168 valence electrons. The molecule has 2 amide bonds. The van der Waals surface area contributed by atoms with Gasteiger partial charge in [0.25, 0.3) is 5.91 Å². The van der Waals surface area contributed by atoms with Gasteiger partial charge >= 0.3 is 6.09 Å². The van der Waals surface area contributed by atoms with Crippen LogP contribution in [0.4, 0.5) is 4.79 Å². The molecule has 1 aliphatic rings. The predicted octanol–water partition coefficient (Wildman–Crippen LogP) is 6.18. The number of nitrogens with one attached hydrogen (secondary N) is 2. The number of amides is 2. The summed E-state index contributed by atoms with van der Waals surface area (Å²) in [4.78, 5) is 26.9. The summed E-state index contributed by atoms with van der Waals surface area (Å²) < 4.78 is 5.53. The molecule has 2 atom stereocenters. The predicted molar refractivity (Wildman–Crippen MR) is 133 cm³/mol. The maximum atomic E-state index is 12.5. The molecule has 0 aromatic heterocycles. The van der Waals surface area contributed by atoms with Crippen LogP contribution in [-0.4, -0.2) is 18.3 Å². The monoisotopic (exact) mass is 468 g/mol. The second-order valence-corrected chi connectivity index (χ2v) is 8.98. The molecule has 1 aliphatic carbocycles. The molecule has 32 heavy (non-hydrogen) atoms. The lowest BCUT2D eigenvalue weighted by molar-refractivity contribution is 0.0963. The van der Waals surface area contributed by atoms with Crippen LogP contribution < -0.4 is 10.6 Å². The Morgan fingerprint density at radius 1 is 1.03 bits per heavy atom. The first-order chi connectivity index (χ1) is 15.4. The van der Waals surface area contributed by atoms with Crippen LogP contribution in [-0.2, 0) is 4.74 Å². The van der Waals surface area contributed by atoms with Gasteiger partial charge in [0.05, 0.1) is 6.04 Å². The molecule has 2 aromatic rings. The Morgan fingerprint density at radius 3 is 2.31 bits per heavy atom. The largest absolute Gasteiger partial charge is 0.442 e. The third-order valence-electron chi connectivity index (χ3n) is 5.27. The zero-order valence-electron chi connectivity index (χ0n) is 18.4. The number of ether oxygens (including phenoxy) is 1. The van der Waals surface area contributed by atoms with Crippen LogP contribution in [0, 0.1) is 0 Å². The summed E-state index contributed by atoms with van der Waals surface area (Å²) in [6.45, 7) is 3.72. The molecule has 2 N–H and O–H groups in total. The number of carbonyl (C=O) groups is 2. The molecule has 3 rings (SSSR count). The summed E-state index contributed by atoms with van der Waals surface area (Å²) in [7, 11) is 0. The van der Waals surface area contributed by atoms with E-state index in [9.17, 15) is 9.59 Å². The molecule has 0 spiro atoms. The van der Waals surface area contributed by atoms with Crippen molar-refractivity contribution < 1.29 is 14.3 Å². The third-order valence-corrected chi connectivity index (χ3v) is 6.48. The summed E-state index contributed by atoms with van der Waals surface area (Å²) in [6, 6.07) is 14.9. The van der Waals surface area contributed by atoms with Crippen LogP contribution in [0.5, 0.6) is 0 Å². The second kappa shape index (κ2) is 11.3. The smallest absolute Gasteiger partial charge is 0.408 e. The first kappa shape index (κ1) is 24.0. The maximum absolute atomic E-state index is 12.5. The van der Waals surface area contributed by atoms with E-state index in [-0.39, 0.29) is 11.9 Å². The Balaban J connectivity index is 1.54. The van der Waals surface area contributed by atoms with Crippen molar-refractivity contribution in [3.05, 3.63) is 88.0 Å². The number of rotatable bonds is 7. The molecule has 0 radical (unpaired) electrons. The molecule has 0 unspecified atom stereocenters. The summed E-state index contributed by atoms with van der Waals surface area (Å²) in [5, 5.41) is 5.75. The molecule has 5 nitrogen and oxygen atoms in total. The molecule has 0 fully saturated rings. The lowest BCUT2D eigenvalue weighted by Crippen LogP contribution is -2.28. The normalized spacial score (nSPS) is 15.1. The molecule has 7 heteroatoms. The Kier molecular flexibility index (Phi) is 8.47. The highest BCUT2D eigenvalue weighted by atomic mass is 32.2. The van der Waals surface area contributed by atoms with Crippen molar-refractivity contribution in [3.63, 3.8) is 0 Å². The van der Waals surface area contributed by atoms with Crippen molar-refractivity contribution in [3.8, 4) is 0 Å². The Hall–Kier alpha value is -2.64. The van der Waals surface area contributed by atoms with Crippen molar-refractivity contribution in [2.45, 2.75) is 43.7 Å².